The summed E-state index contributed by atoms with van der Waals surface area (Å²) in [5.41, 5.74) is 0. The quantitative estimate of drug-likeness (QED) is 0.439. The second kappa shape index (κ2) is 7.70. The maximum absolute atomic E-state index is 3.28. The van der Waals surface area contributed by atoms with Crippen LogP contribution in [-0.4, -0.2) is 13.1 Å². The van der Waals surface area contributed by atoms with E-state index in [4.69, 9.17) is 0 Å². The normalized spacial score (nSPS) is 10.9. The first-order chi connectivity index (χ1) is 4.41. The van der Waals surface area contributed by atoms with Crippen LogP contribution < -0.4 is 5.32 Å². The monoisotopic (exact) mass is 127 g/mol. The molecular formula is C8H17N. The molecule has 0 amide bonds. The largest absolute Gasteiger partial charge is 0.313 e. The van der Waals surface area contributed by atoms with E-state index in [-0.39, 0.29) is 0 Å². The Balaban J connectivity index is 2.82. The molecule has 0 atom stereocenters. The van der Waals surface area contributed by atoms with Gasteiger partial charge in [0, 0.05) is 6.54 Å². The van der Waals surface area contributed by atoms with E-state index < -0.39 is 0 Å². The van der Waals surface area contributed by atoms with Crippen molar-refractivity contribution < 1.29 is 0 Å². The van der Waals surface area contributed by atoms with Crippen LogP contribution in [0, 0.1) is 0 Å². The fourth-order valence-corrected chi connectivity index (χ4v) is 0.612. The zero-order valence-corrected chi connectivity index (χ0v) is 6.48. The SMILES string of the molecule is CCC=CCNCCC. The van der Waals surface area contributed by atoms with E-state index >= 15 is 0 Å². The Bertz CT molecular complexity index is 67.0. The molecule has 54 valence electrons. The molecule has 1 nitrogen and oxygen atoms in total. The Morgan fingerprint density at radius 2 is 2.00 bits per heavy atom. The predicted molar refractivity (Wildman–Crippen MR) is 42.6 cm³/mol. The van der Waals surface area contributed by atoms with Crippen molar-refractivity contribution in [1.29, 1.82) is 0 Å². The van der Waals surface area contributed by atoms with Crippen molar-refractivity contribution in [2.24, 2.45) is 0 Å². The zero-order chi connectivity index (χ0) is 6.95. The number of hydrogen-bond acceptors (Lipinski definition) is 1. The van der Waals surface area contributed by atoms with Gasteiger partial charge < -0.3 is 5.32 Å². The highest BCUT2D eigenvalue weighted by Crippen LogP contribution is 1.77. The van der Waals surface area contributed by atoms with Gasteiger partial charge in [0.1, 0.15) is 0 Å². The summed E-state index contributed by atoms with van der Waals surface area (Å²) in [5.74, 6) is 0. The summed E-state index contributed by atoms with van der Waals surface area (Å²) in [6.45, 7) is 6.49. The van der Waals surface area contributed by atoms with Crippen LogP contribution in [-0.2, 0) is 0 Å². The summed E-state index contributed by atoms with van der Waals surface area (Å²) in [6.07, 6.45) is 6.73. The molecule has 9 heavy (non-hydrogen) atoms. The molecule has 0 saturated carbocycles. The van der Waals surface area contributed by atoms with E-state index in [1.165, 1.54) is 6.42 Å². The van der Waals surface area contributed by atoms with Crippen molar-refractivity contribution in [3.63, 3.8) is 0 Å². The Hall–Kier alpha value is -0.300. The van der Waals surface area contributed by atoms with Crippen molar-refractivity contribution in [2.75, 3.05) is 13.1 Å². The van der Waals surface area contributed by atoms with Crippen LogP contribution in [0.1, 0.15) is 26.7 Å². The summed E-state index contributed by atoms with van der Waals surface area (Å²) < 4.78 is 0. The van der Waals surface area contributed by atoms with Gasteiger partial charge in [0.15, 0.2) is 0 Å². The molecule has 0 aliphatic heterocycles. The minimum atomic E-state index is 1.03. The minimum Gasteiger partial charge on any atom is -0.313 e. The van der Waals surface area contributed by atoms with Gasteiger partial charge >= 0.3 is 0 Å². The van der Waals surface area contributed by atoms with Gasteiger partial charge in [0.05, 0.1) is 0 Å². The van der Waals surface area contributed by atoms with Gasteiger partial charge in [-0.15, -0.1) is 0 Å². The molecule has 0 rings (SSSR count). The topological polar surface area (TPSA) is 12.0 Å². The highest BCUT2D eigenvalue weighted by atomic mass is 14.8. The van der Waals surface area contributed by atoms with Crippen LogP contribution in [0.3, 0.4) is 0 Å². The molecule has 0 radical (unpaired) electrons. The lowest BCUT2D eigenvalue weighted by Crippen LogP contribution is -2.13. The molecule has 0 spiro atoms. The van der Waals surface area contributed by atoms with Crippen molar-refractivity contribution in [1.82, 2.24) is 5.32 Å². The summed E-state index contributed by atoms with van der Waals surface area (Å²) in [7, 11) is 0. The van der Waals surface area contributed by atoms with E-state index in [1.54, 1.807) is 0 Å². The smallest absolute Gasteiger partial charge is 0.0134 e. The molecule has 0 unspecified atom stereocenters. The van der Waals surface area contributed by atoms with E-state index in [9.17, 15) is 0 Å². The van der Waals surface area contributed by atoms with Gasteiger partial charge in [0.25, 0.3) is 0 Å². The first kappa shape index (κ1) is 8.70. The van der Waals surface area contributed by atoms with Crippen LogP contribution in [0.5, 0.6) is 0 Å². The van der Waals surface area contributed by atoms with Gasteiger partial charge in [-0.25, -0.2) is 0 Å². The van der Waals surface area contributed by atoms with Crippen LogP contribution in [0.15, 0.2) is 12.2 Å². The summed E-state index contributed by atoms with van der Waals surface area (Å²) in [6, 6.07) is 0. The Morgan fingerprint density at radius 3 is 2.56 bits per heavy atom. The molecule has 0 aliphatic rings. The number of rotatable bonds is 5. The summed E-state index contributed by atoms with van der Waals surface area (Å²) in [4.78, 5) is 0. The standard InChI is InChI=1S/C8H17N/c1-3-5-6-8-9-7-4-2/h5-6,9H,3-4,7-8H2,1-2H3. The number of allylic oxidation sites excluding steroid dienone is 1. The molecule has 0 fully saturated rings. The highest BCUT2D eigenvalue weighted by molar-refractivity contribution is 4.81. The summed E-state index contributed by atoms with van der Waals surface area (Å²) >= 11 is 0. The van der Waals surface area contributed by atoms with Crippen molar-refractivity contribution in [3.8, 4) is 0 Å². The van der Waals surface area contributed by atoms with E-state index in [0.717, 1.165) is 19.5 Å². The Morgan fingerprint density at radius 1 is 1.22 bits per heavy atom. The van der Waals surface area contributed by atoms with Crippen molar-refractivity contribution >= 4 is 0 Å². The third-order valence-electron chi connectivity index (χ3n) is 1.09. The van der Waals surface area contributed by atoms with Crippen molar-refractivity contribution in [2.45, 2.75) is 26.7 Å². The maximum Gasteiger partial charge on any atom is 0.0134 e. The van der Waals surface area contributed by atoms with E-state index in [0.29, 0.717) is 0 Å². The Kier molecular flexibility index (Phi) is 7.44. The Labute approximate surface area is 58.2 Å². The third kappa shape index (κ3) is 7.70. The number of nitrogens with one attached hydrogen (secondary N) is 1. The molecule has 0 saturated heterocycles. The zero-order valence-electron chi connectivity index (χ0n) is 6.48. The van der Waals surface area contributed by atoms with Crippen LogP contribution in [0.25, 0.3) is 0 Å². The molecule has 1 heteroatoms. The van der Waals surface area contributed by atoms with Gasteiger partial charge in [-0.3, -0.25) is 0 Å². The van der Waals surface area contributed by atoms with E-state index in [2.05, 4.69) is 31.3 Å². The molecule has 0 aromatic rings. The van der Waals surface area contributed by atoms with Gasteiger partial charge in [-0.1, -0.05) is 26.0 Å². The summed E-state index contributed by atoms with van der Waals surface area (Å²) in [5, 5.41) is 3.28. The van der Waals surface area contributed by atoms with Crippen LogP contribution in [0.2, 0.25) is 0 Å². The molecule has 0 heterocycles. The second-order valence-corrected chi connectivity index (χ2v) is 2.08. The average molecular weight is 127 g/mol. The molecule has 0 aromatic carbocycles. The fourth-order valence-electron chi connectivity index (χ4n) is 0.612. The lowest BCUT2D eigenvalue weighted by atomic mass is 10.4. The molecule has 0 aliphatic carbocycles. The predicted octanol–water partition coefficient (Wildman–Crippen LogP) is 1.95. The highest BCUT2D eigenvalue weighted by Gasteiger charge is 1.75. The van der Waals surface area contributed by atoms with Gasteiger partial charge in [-0.05, 0) is 19.4 Å². The van der Waals surface area contributed by atoms with Gasteiger partial charge in [-0.2, -0.15) is 0 Å². The van der Waals surface area contributed by atoms with Crippen molar-refractivity contribution in [3.05, 3.63) is 12.2 Å². The first-order valence-corrected chi connectivity index (χ1v) is 3.77. The number of hydrogen-bond donors (Lipinski definition) is 1. The maximum atomic E-state index is 3.28. The first-order valence-electron chi connectivity index (χ1n) is 3.77. The molecule has 0 aromatic heterocycles. The second-order valence-electron chi connectivity index (χ2n) is 2.08. The van der Waals surface area contributed by atoms with E-state index in [1.807, 2.05) is 0 Å². The van der Waals surface area contributed by atoms with Crippen LogP contribution in [0.4, 0.5) is 0 Å². The fraction of sp³-hybridized carbons (Fsp3) is 0.750. The lowest BCUT2D eigenvalue weighted by Gasteiger charge is -1.94. The molecular weight excluding hydrogens is 110 g/mol. The van der Waals surface area contributed by atoms with Crippen LogP contribution >= 0.6 is 0 Å². The molecule has 0 bridgehead atoms. The minimum absolute atomic E-state index is 1.03. The molecule has 1 N–H and O–H groups in total. The lowest BCUT2D eigenvalue weighted by molar-refractivity contribution is 0.728. The van der Waals surface area contributed by atoms with Gasteiger partial charge in [0.2, 0.25) is 0 Å². The average Bonchev–Trinajstić information content (AvgIpc) is 1.89. The third-order valence-corrected chi connectivity index (χ3v) is 1.09.